The number of carbonyl (C=O) groups is 2. The van der Waals surface area contributed by atoms with Gasteiger partial charge in [-0.1, -0.05) is 50.2 Å². The van der Waals surface area contributed by atoms with Crippen molar-refractivity contribution in [3.63, 3.8) is 0 Å². The monoisotopic (exact) mass is 477 g/mol. The maximum absolute atomic E-state index is 13.8. The molecule has 180 valence electrons. The summed E-state index contributed by atoms with van der Waals surface area (Å²) >= 11 is 0. The zero-order valence-electron chi connectivity index (χ0n) is 19.3. The van der Waals surface area contributed by atoms with Crippen molar-refractivity contribution in [1.29, 1.82) is 0 Å². The number of nitrogens with one attached hydrogen (secondary N) is 1. The number of rotatable bonds is 12. The second kappa shape index (κ2) is 12.3. The van der Waals surface area contributed by atoms with Crippen molar-refractivity contribution in [3.05, 3.63) is 66.0 Å². The lowest BCUT2D eigenvalue weighted by molar-refractivity contribution is -0.139. The Balaban J connectivity index is 2.33. The molecule has 7 nitrogen and oxygen atoms in total. The maximum Gasteiger partial charge on any atom is 0.244 e. The molecule has 9 heteroatoms. The molecule has 0 saturated carbocycles. The minimum Gasteiger partial charge on any atom is -0.354 e. The fourth-order valence-electron chi connectivity index (χ4n) is 3.51. The largest absolute Gasteiger partial charge is 0.354 e. The molecule has 0 spiro atoms. The predicted octanol–water partition coefficient (Wildman–Crippen LogP) is 2.97. The van der Waals surface area contributed by atoms with Crippen molar-refractivity contribution in [3.8, 4) is 0 Å². The van der Waals surface area contributed by atoms with Gasteiger partial charge in [0.2, 0.25) is 21.8 Å². The second-order valence-electron chi connectivity index (χ2n) is 7.79. The van der Waals surface area contributed by atoms with E-state index in [1.807, 2.05) is 37.3 Å². The molecule has 0 aliphatic carbocycles. The Morgan fingerprint density at radius 3 is 2.33 bits per heavy atom. The Hall–Kier alpha value is -2.94. The molecule has 0 aliphatic rings. The van der Waals surface area contributed by atoms with Crippen LogP contribution >= 0.6 is 0 Å². The quantitative estimate of drug-likeness (QED) is 0.509. The number of benzene rings is 2. The van der Waals surface area contributed by atoms with Gasteiger partial charge in [0.25, 0.3) is 0 Å². The molecule has 0 saturated heterocycles. The Bertz CT molecular complexity index is 1030. The first-order valence-electron chi connectivity index (χ1n) is 11.0. The summed E-state index contributed by atoms with van der Waals surface area (Å²) in [5, 5.41) is 2.83. The summed E-state index contributed by atoms with van der Waals surface area (Å²) in [5.74, 6) is -1.42. The number of anilines is 1. The summed E-state index contributed by atoms with van der Waals surface area (Å²) in [6.45, 7) is 3.92. The molecule has 2 amide bonds. The standard InChI is InChI=1S/C24H32FN3O4S/c1-4-15-26-24(30)22(5-2)27(16-14-19-10-7-6-8-11-19)23(29)18-28(33(3,31)32)21-13-9-12-20(25)17-21/h6-13,17,22H,4-5,14-16,18H2,1-3H3,(H,26,30)/t22-/m1/s1. The van der Waals surface area contributed by atoms with Crippen LogP contribution in [-0.2, 0) is 26.0 Å². The van der Waals surface area contributed by atoms with E-state index < -0.39 is 34.3 Å². The smallest absolute Gasteiger partial charge is 0.244 e. The average molecular weight is 478 g/mol. The highest BCUT2D eigenvalue weighted by Crippen LogP contribution is 2.20. The topological polar surface area (TPSA) is 86.8 Å². The first kappa shape index (κ1) is 26.3. The summed E-state index contributed by atoms with van der Waals surface area (Å²) in [6.07, 6.45) is 2.59. The number of nitrogens with zero attached hydrogens (tertiary/aromatic N) is 2. The molecule has 0 unspecified atom stereocenters. The number of carbonyl (C=O) groups excluding carboxylic acids is 2. The number of sulfonamides is 1. The van der Waals surface area contributed by atoms with Gasteiger partial charge in [-0.05, 0) is 43.0 Å². The second-order valence-corrected chi connectivity index (χ2v) is 9.69. The van der Waals surface area contributed by atoms with Crippen molar-refractivity contribution in [2.45, 2.75) is 39.2 Å². The Morgan fingerprint density at radius 1 is 1.06 bits per heavy atom. The fraction of sp³-hybridized carbons (Fsp3) is 0.417. The molecule has 0 heterocycles. The highest BCUT2D eigenvalue weighted by atomic mass is 32.2. The van der Waals surface area contributed by atoms with E-state index in [0.29, 0.717) is 19.4 Å². The summed E-state index contributed by atoms with van der Waals surface area (Å²) in [6, 6.07) is 13.8. The van der Waals surface area contributed by atoms with E-state index in [9.17, 15) is 22.4 Å². The van der Waals surface area contributed by atoms with E-state index in [1.165, 1.54) is 23.1 Å². The van der Waals surface area contributed by atoms with E-state index in [1.54, 1.807) is 6.92 Å². The first-order valence-corrected chi connectivity index (χ1v) is 12.9. The summed E-state index contributed by atoms with van der Waals surface area (Å²) in [4.78, 5) is 27.6. The average Bonchev–Trinajstić information content (AvgIpc) is 2.78. The summed E-state index contributed by atoms with van der Waals surface area (Å²) in [7, 11) is -3.88. The van der Waals surface area contributed by atoms with E-state index in [0.717, 1.165) is 28.6 Å². The molecule has 2 aromatic rings. The molecule has 33 heavy (non-hydrogen) atoms. The molecule has 0 fully saturated rings. The minimum atomic E-state index is -3.88. The molecular formula is C24H32FN3O4S. The van der Waals surface area contributed by atoms with Crippen LogP contribution in [0.3, 0.4) is 0 Å². The van der Waals surface area contributed by atoms with Crippen molar-refractivity contribution >= 4 is 27.5 Å². The lowest BCUT2D eigenvalue weighted by atomic mass is 10.1. The van der Waals surface area contributed by atoms with Crippen LogP contribution in [-0.4, -0.2) is 57.1 Å². The lowest BCUT2D eigenvalue weighted by Gasteiger charge is -2.32. The summed E-state index contributed by atoms with van der Waals surface area (Å²) < 4.78 is 39.5. The summed E-state index contributed by atoms with van der Waals surface area (Å²) in [5.41, 5.74) is 1.04. The van der Waals surface area contributed by atoms with E-state index in [2.05, 4.69) is 5.32 Å². The van der Waals surface area contributed by atoms with Gasteiger partial charge in [-0.25, -0.2) is 12.8 Å². The van der Waals surface area contributed by atoms with Crippen LogP contribution in [0.1, 0.15) is 32.3 Å². The fourth-order valence-corrected chi connectivity index (χ4v) is 4.35. The van der Waals surface area contributed by atoms with Crippen molar-refractivity contribution < 1.29 is 22.4 Å². The van der Waals surface area contributed by atoms with Gasteiger partial charge in [0.1, 0.15) is 18.4 Å². The number of hydrogen-bond donors (Lipinski definition) is 1. The molecular weight excluding hydrogens is 445 g/mol. The van der Waals surface area contributed by atoms with Gasteiger partial charge in [0, 0.05) is 13.1 Å². The zero-order valence-corrected chi connectivity index (χ0v) is 20.1. The van der Waals surface area contributed by atoms with Gasteiger partial charge in [-0.2, -0.15) is 0 Å². The van der Waals surface area contributed by atoms with Crippen LogP contribution in [0.15, 0.2) is 54.6 Å². The third kappa shape index (κ3) is 7.85. The van der Waals surface area contributed by atoms with Crippen LogP contribution in [0.4, 0.5) is 10.1 Å². The third-order valence-electron chi connectivity index (χ3n) is 5.19. The van der Waals surface area contributed by atoms with Crippen molar-refractivity contribution in [2.24, 2.45) is 0 Å². The Kier molecular flexibility index (Phi) is 9.84. The van der Waals surface area contributed by atoms with Gasteiger partial charge in [0.05, 0.1) is 11.9 Å². The van der Waals surface area contributed by atoms with Gasteiger partial charge in [0.15, 0.2) is 0 Å². The number of halogens is 1. The third-order valence-corrected chi connectivity index (χ3v) is 6.34. The molecule has 2 aromatic carbocycles. The highest BCUT2D eigenvalue weighted by Gasteiger charge is 2.31. The van der Waals surface area contributed by atoms with Crippen LogP contribution in [0, 0.1) is 5.82 Å². The van der Waals surface area contributed by atoms with Gasteiger partial charge < -0.3 is 10.2 Å². The van der Waals surface area contributed by atoms with E-state index in [4.69, 9.17) is 0 Å². The van der Waals surface area contributed by atoms with Crippen molar-refractivity contribution in [2.75, 3.05) is 30.2 Å². The zero-order chi connectivity index (χ0) is 24.4. The lowest BCUT2D eigenvalue weighted by Crippen LogP contribution is -2.53. The molecule has 2 rings (SSSR count). The van der Waals surface area contributed by atoms with Crippen LogP contribution in [0.2, 0.25) is 0 Å². The van der Waals surface area contributed by atoms with Gasteiger partial charge in [-0.15, -0.1) is 0 Å². The molecule has 0 aromatic heterocycles. The van der Waals surface area contributed by atoms with Crippen LogP contribution in [0.5, 0.6) is 0 Å². The Morgan fingerprint density at radius 2 is 1.76 bits per heavy atom. The van der Waals surface area contributed by atoms with Crippen LogP contribution < -0.4 is 9.62 Å². The minimum absolute atomic E-state index is 0.0531. The SMILES string of the molecule is CCCNC(=O)[C@@H](CC)N(CCc1ccccc1)C(=O)CN(c1cccc(F)c1)S(C)(=O)=O. The molecule has 0 radical (unpaired) electrons. The number of hydrogen-bond acceptors (Lipinski definition) is 4. The highest BCUT2D eigenvalue weighted by molar-refractivity contribution is 7.92. The molecule has 0 bridgehead atoms. The van der Waals surface area contributed by atoms with Gasteiger partial charge in [-0.3, -0.25) is 13.9 Å². The molecule has 1 N–H and O–H groups in total. The van der Waals surface area contributed by atoms with E-state index >= 15 is 0 Å². The van der Waals surface area contributed by atoms with Crippen LogP contribution in [0.25, 0.3) is 0 Å². The molecule has 1 atom stereocenters. The first-order chi connectivity index (χ1) is 15.7. The molecule has 0 aliphatic heterocycles. The predicted molar refractivity (Wildman–Crippen MR) is 128 cm³/mol. The van der Waals surface area contributed by atoms with Crippen molar-refractivity contribution in [1.82, 2.24) is 10.2 Å². The normalized spacial score (nSPS) is 12.1. The maximum atomic E-state index is 13.8. The number of amides is 2. The van der Waals surface area contributed by atoms with E-state index in [-0.39, 0.29) is 18.1 Å². The Labute approximate surface area is 195 Å². The van der Waals surface area contributed by atoms with Gasteiger partial charge >= 0.3 is 0 Å².